The Morgan fingerprint density at radius 2 is 2.06 bits per heavy atom. The summed E-state index contributed by atoms with van der Waals surface area (Å²) < 4.78 is 0. The highest BCUT2D eigenvalue weighted by Crippen LogP contribution is 2.53. The van der Waals surface area contributed by atoms with Crippen LogP contribution in [0.25, 0.3) is 0 Å². The van der Waals surface area contributed by atoms with Crippen LogP contribution in [-0.2, 0) is 9.59 Å². The van der Waals surface area contributed by atoms with Gasteiger partial charge in [0.25, 0.3) is 0 Å². The summed E-state index contributed by atoms with van der Waals surface area (Å²) in [7, 11) is 0. The summed E-state index contributed by atoms with van der Waals surface area (Å²) in [6.07, 6.45) is 7.04. The molecule has 3 atom stereocenters. The number of carbonyl (C=O) groups is 2. The van der Waals surface area contributed by atoms with E-state index in [2.05, 4.69) is 5.32 Å². The van der Waals surface area contributed by atoms with Crippen molar-refractivity contribution in [2.24, 2.45) is 5.92 Å². The van der Waals surface area contributed by atoms with Crippen LogP contribution in [0.1, 0.15) is 44.9 Å². The molecule has 0 aromatic rings. The number of rotatable bonds is 0. The monoisotopic (exact) mass is 234 g/mol. The van der Waals surface area contributed by atoms with Crippen molar-refractivity contribution in [2.45, 2.75) is 56.0 Å². The molecule has 5 fully saturated rings. The quantitative estimate of drug-likeness (QED) is 0.674. The average Bonchev–Trinajstić information content (AvgIpc) is 2.75. The minimum Gasteiger partial charge on any atom is -0.339 e. The number of nitrogens with one attached hydrogen (secondary N) is 1. The second-order valence-corrected chi connectivity index (χ2v) is 6.16. The Morgan fingerprint density at radius 3 is 2.94 bits per heavy atom. The maximum absolute atomic E-state index is 12.7. The zero-order chi connectivity index (χ0) is 11.7. The molecule has 4 heterocycles. The number of nitrogens with zero attached hydrogens (tertiary/aromatic N) is 1. The lowest BCUT2D eigenvalue weighted by Crippen LogP contribution is -2.81. The molecule has 2 amide bonds. The van der Waals surface area contributed by atoms with Crippen molar-refractivity contribution in [3.8, 4) is 0 Å². The van der Waals surface area contributed by atoms with Crippen molar-refractivity contribution in [3.63, 3.8) is 0 Å². The van der Waals surface area contributed by atoms with Crippen LogP contribution in [0.2, 0.25) is 0 Å². The summed E-state index contributed by atoms with van der Waals surface area (Å²) in [5, 5.41) is 3.11. The maximum atomic E-state index is 12.7. The second kappa shape index (κ2) is 2.85. The van der Waals surface area contributed by atoms with E-state index in [0.717, 1.165) is 45.1 Å². The molecule has 5 rings (SSSR count). The minimum absolute atomic E-state index is 0.132. The zero-order valence-electron chi connectivity index (χ0n) is 10.00. The van der Waals surface area contributed by atoms with Crippen molar-refractivity contribution in [1.29, 1.82) is 0 Å². The topological polar surface area (TPSA) is 49.4 Å². The normalized spacial score (nSPS) is 47.8. The van der Waals surface area contributed by atoms with Crippen LogP contribution in [0.15, 0.2) is 0 Å². The molecule has 4 nitrogen and oxygen atoms in total. The van der Waals surface area contributed by atoms with Gasteiger partial charge in [-0.3, -0.25) is 9.59 Å². The molecule has 5 aliphatic rings. The smallest absolute Gasteiger partial charge is 0.249 e. The number of piperazine rings is 1. The van der Waals surface area contributed by atoms with E-state index in [4.69, 9.17) is 0 Å². The van der Waals surface area contributed by atoms with E-state index in [1.54, 1.807) is 0 Å². The summed E-state index contributed by atoms with van der Waals surface area (Å²) in [5.41, 5.74) is -0.970. The number of carbonyl (C=O) groups excluding carboxylic acids is 2. The van der Waals surface area contributed by atoms with Crippen LogP contribution in [0.5, 0.6) is 0 Å². The maximum Gasteiger partial charge on any atom is 0.249 e. The van der Waals surface area contributed by atoms with Gasteiger partial charge in [-0.15, -0.1) is 0 Å². The average molecular weight is 234 g/mol. The molecule has 4 saturated heterocycles. The van der Waals surface area contributed by atoms with Gasteiger partial charge < -0.3 is 10.2 Å². The molecule has 0 aromatic heterocycles. The van der Waals surface area contributed by atoms with Crippen LogP contribution in [0.3, 0.4) is 0 Å². The van der Waals surface area contributed by atoms with Gasteiger partial charge in [0.05, 0.1) is 0 Å². The molecule has 17 heavy (non-hydrogen) atoms. The molecule has 92 valence electrons. The Bertz CT molecular complexity index is 422. The van der Waals surface area contributed by atoms with Crippen molar-refractivity contribution >= 4 is 11.8 Å². The van der Waals surface area contributed by atoms with Crippen molar-refractivity contribution < 1.29 is 9.59 Å². The third-order valence-electron chi connectivity index (χ3n) is 5.53. The third-order valence-corrected chi connectivity index (χ3v) is 5.53. The van der Waals surface area contributed by atoms with Crippen molar-refractivity contribution in [3.05, 3.63) is 0 Å². The van der Waals surface area contributed by atoms with Gasteiger partial charge >= 0.3 is 0 Å². The summed E-state index contributed by atoms with van der Waals surface area (Å²) in [4.78, 5) is 26.9. The molecule has 1 aliphatic carbocycles. The fourth-order valence-electron chi connectivity index (χ4n) is 4.70. The summed E-state index contributed by atoms with van der Waals surface area (Å²) >= 11 is 0. The number of hydrogen-bond acceptors (Lipinski definition) is 2. The molecule has 0 unspecified atom stereocenters. The highest BCUT2D eigenvalue weighted by molar-refractivity contribution is 6.04. The van der Waals surface area contributed by atoms with Gasteiger partial charge in [0, 0.05) is 6.54 Å². The molecule has 0 radical (unpaired) electrons. The first kappa shape index (κ1) is 9.92. The molecule has 2 bridgehead atoms. The van der Waals surface area contributed by atoms with Crippen LogP contribution in [0, 0.1) is 5.92 Å². The Labute approximate surface area is 101 Å². The van der Waals surface area contributed by atoms with Gasteiger partial charge in [0.2, 0.25) is 11.8 Å². The standard InChI is InChI=1S/C13H18N2O2/c16-10-12-5-3-7-15(12)11(17)13(14-10)6-2-1-4-9(13)8-12/h9H,1-8H2,(H,14,16)/t9-,12-,13-/m0/s1. The first-order chi connectivity index (χ1) is 8.19. The lowest BCUT2D eigenvalue weighted by molar-refractivity contribution is -0.177. The minimum atomic E-state index is -0.512. The van der Waals surface area contributed by atoms with Crippen molar-refractivity contribution in [1.82, 2.24) is 10.2 Å². The first-order valence-electron chi connectivity index (χ1n) is 6.84. The van der Waals surface area contributed by atoms with Gasteiger partial charge in [0.15, 0.2) is 0 Å². The summed E-state index contributed by atoms with van der Waals surface area (Å²) in [6, 6.07) is 0. The predicted molar refractivity (Wildman–Crippen MR) is 61.1 cm³/mol. The fourth-order valence-corrected chi connectivity index (χ4v) is 4.70. The van der Waals surface area contributed by atoms with Crippen LogP contribution in [0.4, 0.5) is 0 Å². The Balaban J connectivity index is 1.86. The molecule has 1 N–H and O–H groups in total. The van der Waals surface area contributed by atoms with E-state index < -0.39 is 11.1 Å². The summed E-state index contributed by atoms with van der Waals surface area (Å²) in [6.45, 7) is 0.792. The fraction of sp³-hybridized carbons (Fsp3) is 0.846. The van der Waals surface area contributed by atoms with Gasteiger partial charge in [-0.1, -0.05) is 12.8 Å². The van der Waals surface area contributed by atoms with Gasteiger partial charge in [-0.25, -0.2) is 0 Å². The van der Waals surface area contributed by atoms with Crippen LogP contribution < -0.4 is 5.32 Å². The third kappa shape index (κ3) is 0.927. The lowest BCUT2D eigenvalue weighted by Gasteiger charge is -2.60. The SMILES string of the molecule is O=C1N[C@@]23CCCC[C@H]2C[C@@]12CCCN2C3=O. The Morgan fingerprint density at radius 1 is 1.18 bits per heavy atom. The summed E-state index contributed by atoms with van der Waals surface area (Å²) in [5.74, 6) is 0.758. The molecular formula is C13H18N2O2. The van der Waals surface area contributed by atoms with E-state index >= 15 is 0 Å². The van der Waals surface area contributed by atoms with Crippen molar-refractivity contribution in [2.75, 3.05) is 6.54 Å². The highest BCUT2D eigenvalue weighted by atomic mass is 16.2. The van der Waals surface area contributed by atoms with E-state index in [1.807, 2.05) is 4.90 Å². The van der Waals surface area contributed by atoms with E-state index in [0.29, 0.717) is 5.92 Å². The molecule has 4 aliphatic heterocycles. The van der Waals surface area contributed by atoms with Crippen LogP contribution in [-0.4, -0.2) is 34.3 Å². The van der Waals surface area contributed by atoms with E-state index in [-0.39, 0.29) is 11.8 Å². The zero-order valence-corrected chi connectivity index (χ0v) is 10.00. The highest BCUT2D eigenvalue weighted by Gasteiger charge is 2.68. The number of hydrogen-bond donors (Lipinski definition) is 1. The predicted octanol–water partition coefficient (Wildman–Crippen LogP) is 0.810. The number of amides is 2. The second-order valence-electron chi connectivity index (χ2n) is 6.16. The number of fused-ring (bicyclic) bond motifs is 1. The Hall–Kier alpha value is -1.06. The van der Waals surface area contributed by atoms with E-state index in [1.165, 1.54) is 6.42 Å². The largest absolute Gasteiger partial charge is 0.339 e. The van der Waals surface area contributed by atoms with Gasteiger partial charge in [-0.05, 0) is 38.0 Å². The van der Waals surface area contributed by atoms with Gasteiger partial charge in [-0.2, -0.15) is 0 Å². The first-order valence-corrected chi connectivity index (χ1v) is 6.84. The molecule has 2 spiro atoms. The molecular weight excluding hydrogens is 216 g/mol. The molecule has 0 aromatic carbocycles. The molecule has 4 heteroatoms. The molecule has 1 saturated carbocycles. The van der Waals surface area contributed by atoms with E-state index in [9.17, 15) is 9.59 Å². The van der Waals surface area contributed by atoms with Gasteiger partial charge in [0.1, 0.15) is 11.1 Å². The van der Waals surface area contributed by atoms with Crippen LogP contribution >= 0.6 is 0 Å². The number of piperidine rings is 2. The Kier molecular flexibility index (Phi) is 1.66. The lowest BCUT2D eigenvalue weighted by atomic mass is 9.60.